The first-order chi connectivity index (χ1) is 8.63. The molecule has 1 aromatic carbocycles. The average molecular weight is 283 g/mol. The second kappa shape index (κ2) is 3.26. The van der Waals surface area contributed by atoms with Crippen molar-refractivity contribution in [2.24, 2.45) is 0 Å². The van der Waals surface area contributed by atoms with Crippen molar-refractivity contribution in [2.45, 2.75) is 22.8 Å². The van der Waals surface area contributed by atoms with E-state index in [4.69, 9.17) is 23.2 Å². The number of benzene rings is 1. The molecule has 2 aliphatic heterocycles. The number of halogens is 2. The zero-order valence-corrected chi connectivity index (χ0v) is 10.6. The monoisotopic (exact) mass is 282 g/mol. The van der Waals surface area contributed by atoms with Crippen LogP contribution in [0.25, 0.3) is 0 Å². The van der Waals surface area contributed by atoms with E-state index in [1.807, 2.05) is 0 Å². The lowest BCUT2D eigenvalue weighted by Gasteiger charge is -2.20. The minimum absolute atomic E-state index is 0.0244. The molecule has 4 unspecified atom stereocenters. The van der Waals surface area contributed by atoms with Crippen LogP contribution in [-0.4, -0.2) is 44.7 Å². The van der Waals surface area contributed by atoms with Crippen LogP contribution >= 0.6 is 23.2 Å². The molecule has 0 spiro atoms. The first-order valence-electron chi connectivity index (χ1n) is 5.67. The summed E-state index contributed by atoms with van der Waals surface area (Å²) >= 11 is 12.1. The number of amides is 2. The van der Waals surface area contributed by atoms with E-state index in [9.17, 15) is 9.59 Å². The lowest BCUT2D eigenvalue weighted by atomic mass is 9.99. The van der Waals surface area contributed by atoms with Crippen molar-refractivity contribution in [1.29, 1.82) is 0 Å². The molecule has 2 heterocycles. The number of hydrogen-bond acceptors (Lipinski definition) is 3. The number of fused-ring (bicyclic) bond motifs is 2. The van der Waals surface area contributed by atoms with E-state index in [-0.39, 0.29) is 34.7 Å². The summed E-state index contributed by atoms with van der Waals surface area (Å²) in [6.45, 7) is 0. The van der Waals surface area contributed by atoms with Crippen LogP contribution in [0, 0.1) is 0 Å². The van der Waals surface area contributed by atoms with Crippen LogP contribution in [0.15, 0.2) is 24.3 Å². The molecule has 4 atom stereocenters. The van der Waals surface area contributed by atoms with Crippen LogP contribution in [0.2, 0.25) is 0 Å². The van der Waals surface area contributed by atoms with Crippen LogP contribution in [0.5, 0.6) is 0 Å². The maximum absolute atomic E-state index is 12.2. The van der Waals surface area contributed by atoms with E-state index in [0.717, 1.165) is 0 Å². The predicted molar refractivity (Wildman–Crippen MR) is 65.6 cm³/mol. The van der Waals surface area contributed by atoms with E-state index in [0.29, 0.717) is 11.1 Å². The van der Waals surface area contributed by atoms with Crippen molar-refractivity contribution in [3.05, 3.63) is 35.4 Å². The molecule has 2 amide bonds. The number of nitrogens with zero attached hydrogens (tertiary/aromatic N) is 2. The van der Waals surface area contributed by atoms with Crippen LogP contribution < -0.4 is 0 Å². The number of hydrogen-bond donors (Lipinski definition) is 0. The van der Waals surface area contributed by atoms with Gasteiger partial charge in [-0.3, -0.25) is 9.59 Å². The predicted octanol–water partition coefficient (Wildman–Crippen LogP) is 1.48. The molecule has 1 aliphatic carbocycles. The number of imide groups is 1. The molecule has 4 nitrogen and oxygen atoms in total. The molecule has 92 valence electrons. The third-order valence-electron chi connectivity index (χ3n) is 3.83. The van der Waals surface area contributed by atoms with Gasteiger partial charge in [0.05, 0.1) is 34.0 Å². The van der Waals surface area contributed by atoms with Gasteiger partial charge in [-0.15, -0.1) is 23.2 Å². The van der Waals surface area contributed by atoms with Gasteiger partial charge < -0.3 is 0 Å². The minimum Gasteiger partial charge on any atom is -0.267 e. The van der Waals surface area contributed by atoms with E-state index in [2.05, 4.69) is 0 Å². The van der Waals surface area contributed by atoms with Gasteiger partial charge in [0, 0.05) is 0 Å². The molecular formula is C12H8Cl2N2O2. The Hall–Kier alpha value is -1.10. The minimum atomic E-state index is -0.280. The van der Waals surface area contributed by atoms with Crippen molar-refractivity contribution < 1.29 is 9.59 Å². The van der Waals surface area contributed by atoms with E-state index in [1.54, 1.807) is 29.3 Å². The molecule has 2 fully saturated rings. The van der Waals surface area contributed by atoms with Gasteiger partial charge in [-0.05, 0) is 12.1 Å². The van der Waals surface area contributed by atoms with Gasteiger partial charge in [0.25, 0.3) is 11.8 Å². The Bertz CT molecular complexity index is 542. The van der Waals surface area contributed by atoms with Gasteiger partial charge >= 0.3 is 0 Å². The van der Waals surface area contributed by atoms with Gasteiger partial charge in [0.15, 0.2) is 0 Å². The van der Waals surface area contributed by atoms with E-state index in [1.165, 1.54) is 5.01 Å². The second-order valence-electron chi connectivity index (χ2n) is 4.72. The molecular weight excluding hydrogens is 275 g/mol. The topological polar surface area (TPSA) is 40.4 Å². The van der Waals surface area contributed by atoms with Crippen molar-refractivity contribution >= 4 is 35.0 Å². The molecule has 1 aromatic rings. The Morgan fingerprint density at radius 2 is 1.33 bits per heavy atom. The first-order valence-corrected chi connectivity index (χ1v) is 6.54. The highest BCUT2D eigenvalue weighted by molar-refractivity contribution is 6.33. The largest absolute Gasteiger partial charge is 0.276 e. The van der Waals surface area contributed by atoms with Gasteiger partial charge in [-0.2, -0.15) is 5.01 Å². The molecule has 6 heteroatoms. The summed E-state index contributed by atoms with van der Waals surface area (Å²) in [5.74, 6) is -0.560. The SMILES string of the molecule is O=C1c2ccccc2C(=O)N1N1C2C(Cl)C(Cl)C21. The highest BCUT2D eigenvalue weighted by Gasteiger charge is 2.72. The Kier molecular flexibility index (Phi) is 1.95. The van der Waals surface area contributed by atoms with Crippen LogP contribution in [-0.2, 0) is 0 Å². The summed E-state index contributed by atoms with van der Waals surface area (Å²) in [5, 5.41) is 2.51. The van der Waals surface area contributed by atoms with Crippen LogP contribution in [0.1, 0.15) is 20.7 Å². The summed E-state index contributed by atoms with van der Waals surface area (Å²) in [6, 6.07) is 6.88. The molecule has 0 N–H and O–H groups in total. The third-order valence-corrected chi connectivity index (χ3v) is 5.02. The Labute approximate surface area is 113 Å². The number of carbonyl (C=O) groups excluding carboxylic acids is 2. The second-order valence-corrected chi connectivity index (χ2v) is 5.73. The fourth-order valence-electron chi connectivity index (χ4n) is 2.81. The summed E-state index contributed by atoms with van der Waals surface area (Å²) in [5.41, 5.74) is 0.900. The standard InChI is InChI=1S/C12H8Cl2N2O2/c13-7-8(14)10-9(7)15(10)16-11(17)5-3-1-2-4-6(5)12(16)18/h1-4,7-10H. The number of carbonyl (C=O) groups is 2. The highest BCUT2D eigenvalue weighted by Crippen LogP contribution is 2.53. The van der Waals surface area contributed by atoms with Gasteiger partial charge in [-0.1, -0.05) is 12.1 Å². The molecule has 4 rings (SSSR count). The fourth-order valence-corrected chi connectivity index (χ4v) is 3.64. The van der Waals surface area contributed by atoms with Gasteiger partial charge in [-0.25, -0.2) is 5.01 Å². The molecule has 1 saturated heterocycles. The molecule has 0 aromatic heterocycles. The lowest BCUT2D eigenvalue weighted by Crippen LogP contribution is -2.38. The zero-order valence-electron chi connectivity index (χ0n) is 9.09. The first kappa shape index (κ1) is 10.8. The Morgan fingerprint density at radius 3 is 1.78 bits per heavy atom. The summed E-state index contributed by atoms with van der Waals surface area (Å²) in [7, 11) is 0. The number of alkyl halides is 2. The molecule has 18 heavy (non-hydrogen) atoms. The van der Waals surface area contributed by atoms with Crippen LogP contribution in [0.3, 0.4) is 0 Å². The van der Waals surface area contributed by atoms with Gasteiger partial charge in [0.2, 0.25) is 0 Å². The highest BCUT2D eigenvalue weighted by atomic mass is 35.5. The third kappa shape index (κ3) is 1.07. The van der Waals surface area contributed by atoms with Crippen molar-refractivity contribution in [2.75, 3.05) is 0 Å². The number of rotatable bonds is 1. The number of hydrazine groups is 1. The summed E-state index contributed by atoms with van der Waals surface area (Å²) in [6.07, 6.45) is 0. The van der Waals surface area contributed by atoms with E-state index < -0.39 is 0 Å². The van der Waals surface area contributed by atoms with Crippen molar-refractivity contribution in [3.63, 3.8) is 0 Å². The van der Waals surface area contributed by atoms with Crippen molar-refractivity contribution in [1.82, 2.24) is 10.0 Å². The Balaban J connectivity index is 1.71. The normalized spacial score (nSPS) is 40.3. The maximum atomic E-state index is 12.2. The van der Waals surface area contributed by atoms with Crippen LogP contribution in [0.4, 0.5) is 0 Å². The summed E-state index contributed by atoms with van der Waals surface area (Å²) < 4.78 is 0. The Morgan fingerprint density at radius 1 is 0.889 bits per heavy atom. The van der Waals surface area contributed by atoms with E-state index >= 15 is 0 Å². The maximum Gasteiger partial charge on any atom is 0.276 e. The van der Waals surface area contributed by atoms with Gasteiger partial charge in [0.1, 0.15) is 0 Å². The fraction of sp³-hybridized carbons (Fsp3) is 0.333. The average Bonchev–Trinajstić information content (AvgIpc) is 3.02. The zero-order chi connectivity index (χ0) is 12.6. The molecule has 3 aliphatic rings. The smallest absolute Gasteiger partial charge is 0.267 e. The summed E-state index contributed by atoms with van der Waals surface area (Å²) in [4.78, 5) is 24.4. The lowest BCUT2D eigenvalue weighted by molar-refractivity contribution is 0.0368. The molecule has 1 saturated carbocycles. The molecule has 0 bridgehead atoms. The quantitative estimate of drug-likeness (QED) is 0.445. The molecule has 0 radical (unpaired) electrons. The van der Waals surface area contributed by atoms with Crippen molar-refractivity contribution in [3.8, 4) is 0 Å².